The van der Waals surface area contributed by atoms with Gasteiger partial charge in [0.1, 0.15) is 12.4 Å². The van der Waals surface area contributed by atoms with Gasteiger partial charge >= 0.3 is 0 Å². The van der Waals surface area contributed by atoms with Crippen LogP contribution in [0.25, 0.3) is 0 Å². The van der Waals surface area contributed by atoms with Gasteiger partial charge in [-0.15, -0.1) is 0 Å². The lowest BCUT2D eigenvalue weighted by atomic mass is 10.2. The molecular formula is C19H26N2O3S. The van der Waals surface area contributed by atoms with Crippen LogP contribution in [0.15, 0.2) is 53.4 Å². The lowest BCUT2D eigenvalue weighted by molar-refractivity contribution is 0.333. The van der Waals surface area contributed by atoms with Gasteiger partial charge in [-0.3, -0.25) is 0 Å². The van der Waals surface area contributed by atoms with Crippen molar-refractivity contribution in [3.63, 3.8) is 0 Å². The Morgan fingerprint density at radius 3 is 2.20 bits per heavy atom. The molecule has 0 fully saturated rings. The molecule has 0 atom stereocenters. The van der Waals surface area contributed by atoms with Gasteiger partial charge in [0.2, 0.25) is 10.0 Å². The Labute approximate surface area is 150 Å². The van der Waals surface area contributed by atoms with E-state index in [1.54, 1.807) is 31.3 Å². The molecular weight excluding hydrogens is 336 g/mol. The highest BCUT2D eigenvalue weighted by atomic mass is 32.2. The average molecular weight is 362 g/mol. The van der Waals surface area contributed by atoms with Crippen LogP contribution >= 0.6 is 0 Å². The molecule has 0 unspecified atom stereocenters. The van der Waals surface area contributed by atoms with E-state index in [1.807, 2.05) is 45.0 Å². The molecule has 1 N–H and O–H groups in total. The highest BCUT2D eigenvalue weighted by Crippen LogP contribution is 2.19. The van der Waals surface area contributed by atoms with E-state index >= 15 is 0 Å². The molecule has 2 aromatic rings. The van der Waals surface area contributed by atoms with Gasteiger partial charge in [0.15, 0.2) is 0 Å². The summed E-state index contributed by atoms with van der Waals surface area (Å²) in [5.41, 5.74) is 2.06. The maximum Gasteiger partial charge on any atom is 0.243 e. The van der Waals surface area contributed by atoms with E-state index < -0.39 is 10.0 Å². The maximum absolute atomic E-state index is 12.4. The number of aryl methyl sites for hydroxylation is 1. The normalized spacial score (nSPS) is 11.8. The van der Waals surface area contributed by atoms with Crippen LogP contribution in [-0.2, 0) is 10.0 Å². The molecule has 0 saturated carbocycles. The van der Waals surface area contributed by atoms with Crippen molar-refractivity contribution in [3.8, 4) is 5.75 Å². The summed E-state index contributed by atoms with van der Waals surface area (Å²) in [6.45, 7) is 6.89. The smallest absolute Gasteiger partial charge is 0.243 e. The van der Waals surface area contributed by atoms with Gasteiger partial charge in [0, 0.05) is 25.3 Å². The molecule has 0 spiro atoms. The number of sulfonamides is 1. The van der Waals surface area contributed by atoms with E-state index in [0.717, 1.165) is 11.4 Å². The van der Waals surface area contributed by atoms with E-state index in [0.29, 0.717) is 18.0 Å². The second-order valence-corrected chi connectivity index (χ2v) is 8.23. The molecule has 6 heteroatoms. The third-order valence-electron chi connectivity index (χ3n) is 3.98. The van der Waals surface area contributed by atoms with Crippen molar-refractivity contribution in [1.82, 2.24) is 4.31 Å². The van der Waals surface area contributed by atoms with Crippen LogP contribution in [-0.4, -0.2) is 39.0 Å². The number of nitrogens with one attached hydrogen (secondary N) is 1. The Morgan fingerprint density at radius 1 is 1.04 bits per heavy atom. The average Bonchev–Trinajstić information content (AvgIpc) is 2.60. The molecule has 0 saturated heterocycles. The predicted molar refractivity (Wildman–Crippen MR) is 102 cm³/mol. The highest BCUT2D eigenvalue weighted by molar-refractivity contribution is 7.89. The number of hydrogen-bond acceptors (Lipinski definition) is 4. The molecule has 0 aliphatic rings. The summed E-state index contributed by atoms with van der Waals surface area (Å²) in [4.78, 5) is 0.296. The summed E-state index contributed by atoms with van der Waals surface area (Å²) in [6, 6.07) is 14.6. The molecule has 0 aliphatic carbocycles. The van der Waals surface area contributed by atoms with Crippen LogP contribution in [0.5, 0.6) is 5.75 Å². The topological polar surface area (TPSA) is 58.6 Å². The zero-order valence-corrected chi connectivity index (χ0v) is 16.0. The van der Waals surface area contributed by atoms with Crippen LogP contribution in [0.2, 0.25) is 0 Å². The first-order valence-electron chi connectivity index (χ1n) is 8.32. The second-order valence-electron chi connectivity index (χ2n) is 6.23. The van der Waals surface area contributed by atoms with Crippen molar-refractivity contribution >= 4 is 15.7 Å². The van der Waals surface area contributed by atoms with Gasteiger partial charge in [0.25, 0.3) is 0 Å². The first kappa shape index (κ1) is 19.3. The lowest BCUT2D eigenvalue weighted by Crippen LogP contribution is -2.33. The van der Waals surface area contributed by atoms with Crippen molar-refractivity contribution in [2.45, 2.75) is 31.7 Å². The van der Waals surface area contributed by atoms with Gasteiger partial charge in [-0.1, -0.05) is 17.7 Å². The van der Waals surface area contributed by atoms with E-state index in [-0.39, 0.29) is 6.04 Å². The Morgan fingerprint density at radius 2 is 1.64 bits per heavy atom. The first-order valence-corrected chi connectivity index (χ1v) is 9.76. The van der Waals surface area contributed by atoms with Gasteiger partial charge in [-0.25, -0.2) is 8.42 Å². The van der Waals surface area contributed by atoms with Crippen molar-refractivity contribution in [3.05, 3.63) is 54.1 Å². The van der Waals surface area contributed by atoms with Crippen molar-refractivity contribution < 1.29 is 13.2 Å². The minimum absolute atomic E-state index is 0.0817. The van der Waals surface area contributed by atoms with E-state index in [2.05, 4.69) is 5.32 Å². The quantitative estimate of drug-likeness (QED) is 0.730. The van der Waals surface area contributed by atoms with Crippen LogP contribution in [0, 0.1) is 6.92 Å². The summed E-state index contributed by atoms with van der Waals surface area (Å²) < 4.78 is 31.8. The van der Waals surface area contributed by atoms with E-state index in [4.69, 9.17) is 4.74 Å². The summed E-state index contributed by atoms with van der Waals surface area (Å²) >= 11 is 0. The molecule has 0 aromatic heterocycles. The number of ether oxygens (including phenoxy) is 1. The van der Waals surface area contributed by atoms with Gasteiger partial charge in [0.05, 0.1) is 4.90 Å². The zero-order valence-electron chi connectivity index (χ0n) is 15.2. The molecule has 0 radical (unpaired) electrons. The van der Waals surface area contributed by atoms with E-state index in [9.17, 15) is 8.42 Å². The standard InChI is InChI=1S/C19H26N2O3S/c1-15(2)21(4)25(22,23)19-11-7-17(8-12-19)20-13-14-24-18-9-5-16(3)6-10-18/h5-12,15,20H,13-14H2,1-4H3. The number of benzene rings is 2. The molecule has 0 amide bonds. The Bertz CT molecular complexity index is 769. The SMILES string of the molecule is Cc1ccc(OCCNc2ccc(S(=O)(=O)N(C)C(C)C)cc2)cc1. The van der Waals surface area contributed by atoms with Crippen molar-refractivity contribution in [2.75, 3.05) is 25.5 Å². The van der Waals surface area contributed by atoms with Gasteiger partial charge < -0.3 is 10.1 Å². The fourth-order valence-electron chi connectivity index (χ4n) is 2.19. The van der Waals surface area contributed by atoms with Gasteiger partial charge in [-0.05, 0) is 57.2 Å². The third kappa shape index (κ3) is 5.21. The third-order valence-corrected chi connectivity index (χ3v) is 6.03. The number of anilines is 1. The predicted octanol–water partition coefficient (Wildman–Crippen LogP) is 3.51. The summed E-state index contributed by atoms with van der Waals surface area (Å²) in [5, 5.41) is 3.22. The van der Waals surface area contributed by atoms with Crippen molar-refractivity contribution in [1.29, 1.82) is 0 Å². The zero-order chi connectivity index (χ0) is 18.4. The molecule has 2 rings (SSSR count). The van der Waals surface area contributed by atoms with Gasteiger partial charge in [-0.2, -0.15) is 4.31 Å². The molecule has 0 bridgehead atoms. The summed E-state index contributed by atoms with van der Waals surface area (Å²) in [7, 11) is -1.85. The second kappa shape index (κ2) is 8.36. The molecule has 25 heavy (non-hydrogen) atoms. The largest absolute Gasteiger partial charge is 0.492 e. The Hall–Kier alpha value is -2.05. The lowest BCUT2D eigenvalue weighted by Gasteiger charge is -2.21. The molecule has 2 aromatic carbocycles. The Kier molecular flexibility index (Phi) is 6.45. The fraction of sp³-hybridized carbons (Fsp3) is 0.368. The van der Waals surface area contributed by atoms with E-state index in [1.165, 1.54) is 9.87 Å². The number of nitrogens with zero attached hydrogens (tertiary/aromatic N) is 1. The molecule has 0 heterocycles. The molecule has 136 valence electrons. The minimum atomic E-state index is -3.44. The summed E-state index contributed by atoms with van der Waals surface area (Å²) in [6.07, 6.45) is 0. The highest BCUT2D eigenvalue weighted by Gasteiger charge is 2.22. The van der Waals surface area contributed by atoms with Crippen LogP contribution in [0.3, 0.4) is 0 Å². The minimum Gasteiger partial charge on any atom is -0.492 e. The Balaban J connectivity index is 1.87. The van der Waals surface area contributed by atoms with Crippen LogP contribution in [0.4, 0.5) is 5.69 Å². The summed E-state index contributed by atoms with van der Waals surface area (Å²) in [5.74, 6) is 0.838. The van der Waals surface area contributed by atoms with Crippen LogP contribution < -0.4 is 10.1 Å². The molecule has 0 aliphatic heterocycles. The monoisotopic (exact) mass is 362 g/mol. The molecule has 5 nitrogen and oxygen atoms in total. The number of hydrogen-bond donors (Lipinski definition) is 1. The first-order chi connectivity index (χ1) is 11.8. The fourth-order valence-corrected chi connectivity index (χ4v) is 3.55. The number of rotatable bonds is 8. The van der Waals surface area contributed by atoms with Crippen LogP contribution in [0.1, 0.15) is 19.4 Å². The van der Waals surface area contributed by atoms with Crippen molar-refractivity contribution in [2.24, 2.45) is 0 Å². The maximum atomic E-state index is 12.4.